The molecule has 1 heterocycles. The predicted molar refractivity (Wildman–Crippen MR) is 114 cm³/mol. The summed E-state index contributed by atoms with van der Waals surface area (Å²) >= 11 is 0.964. The van der Waals surface area contributed by atoms with Gasteiger partial charge < -0.3 is 24.3 Å². The lowest BCUT2D eigenvalue weighted by Crippen LogP contribution is -2.03. The van der Waals surface area contributed by atoms with Gasteiger partial charge in [-0.25, -0.2) is 4.79 Å². The van der Waals surface area contributed by atoms with Crippen LogP contribution in [0.15, 0.2) is 52.5 Å². The number of phenolic OH excluding ortho intramolecular Hbond substituents is 1. The molecule has 0 bridgehead atoms. The van der Waals surface area contributed by atoms with Crippen molar-refractivity contribution < 1.29 is 24.5 Å². The van der Waals surface area contributed by atoms with Gasteiger partial charge in [0.25, 0.3) is 0 Å². The van der Waals surface area contributed by atoms with Gasteiger partial charge in [-0.2, -0.15) is 0 Å². The van der Waals surface area contributed by atoms with E-state index in [1.165, 1.54) is 12.1 Å². The number of aromatic hydroxyl groups is 1. The summed E-state index contributed by atoms with van der Waals surface area (Å²) in [6.45, 7) is 2.44. The summed E-state index contributed by atoms with van der Waals surface area (Å²) in [4.78, 5) is 11.8. The Morgan fingerprint density at radius 3 is 2.37 bits per heavy atom. The third-order valence-corrected chi connectivity index (χ3v) is 5.28. The number of hydrogen-bond donors (Lipinski definition) is 2. The number of benzene rings is 2. The van der Waals surface area contributed by atoms with E-state index in [2.05, 4.69) is 10.2 Å². The number of methoxy groups -OCH3 is 2. The zero-order chi connectivity index (χ0) is 21.7. The maximum absolute atomic E-state index is 11.8. The largest absolute Gasteiger partial charge is 0.507 e. The van der Waals surface area contributed by atoms with Gasteiger partial charge in [-0.05, 0) is 43.0 Å². The monoisotopic (exact) mass is 427 g/mol. The molecule has 2 N–H and O–H groups in total. The van der Waals surface area contributed by atoms with Crippen molar-refractivity contribution >= 4 is 23.8 Å². The number of nitrogens with zero attached hydrogens (tertiary/aromatic N) is 3. The van der Waals surface area contributed by atoms with Crippen LogP contribution >= 0.6 is 11.8 Å². The van der Waals surface area contributed by atoms with Gasteiger partial charge in [0.15, 0.2) is 11.0 Å². The van der Waals surface area contributed by atoms with Crippen LogP contribution in [0, 0.1) is 0 Å². The molecule has 0 radical (unpaired) electrons. The first-order chi connectivity index (χ1) is 14.5. The van der Waals surface area contributed by atoms with Crippen LogP contribution in [0.25, 0.3) is 17.5 Å². The molecular formula is C21H21N3O5S. The van der Waals surface area contributed by atoms with Crippen molar-refractivity contribution in [1.82, 2.24) is 14.8 Å². The molecule has 0 saturated carbocycles. The molecule has 0 fully saturated rings. The van der Waals surface area contributed by atoms with Crippen molar-refractivity contribution in [2.45, 2.75) is 18.6 Å². The predicted octanol–water partition coefficient (Wildman–Crippen LogP) is 3.91. The Hall–Kier alpha value is -3.46. The normalized spacial score (nSPS) is 11.4. The quantitative estimate of drug-likeness (QED) is 0.412. The lowest BCUT2D eigenvalue weighted by atomic mass is 10.2. The van der Waals surface area contributed by atoms with E-state index in [-0.39, 0.29) is 10.7 Å². The Bertz CT molecular complexity index is 1070. The zero-order valence-corrected chi connectivity index (χ0v) is 17.5. The van der Waals surface area contributed by atoms with E-state index in [0.717, 1.165) is 17.3 Å². The molecule has 8 nitrogen and oxygen atoms in total. The summed E-state index contributed by atoms with van der Waals surface area (Å²) in [5.41, 5.74) is 1.14. The number of carboxylic acids is 1. The number of carbonyl (C=O) groups is 1. The summed E-state index contributed by atoms with van der Waals surface area (Å²) in [6, 6.07) is 11.9. The average molecular weight is 427 g/mol. The van der Waals surface area contributed by atoms with Crippen LogP contribution in [0.4, 0.5) is 0 Å². The van der Waals surface area contributed by atoms with E-state index in [9.17, 15) is 15.0 Å². The minimum absolute atomic E-state index is 0.00188. The van der Waals surface area contributed by atoms with Gasteiger partial charge in [-0.3, -0.25) is 0 Å². The number of aliphatic carboxylic acids is 1. The second-order valence-electron chi connectivity index (χ2n) is 6.13. The van der Waals surface area contributed by atoms with Gasteiger partial charge >= 0.3 is 5.97 Å². The van der Waals surface area contributed by atoms with Gasteiger partial charge in [-0.15, -0.1) is 10.2 Å². The van der Waals surface area contributed by atoms with E-state index in [1.54, 1.807) is 43.1 Å². The van der Waals surface area contributed by atoms with E-state index in [1.807, 2.05) is 19.1 Å². The van der Waals surface area contributed by atoms with Crippen LogP contribution < -0.4 is 9.47 Å². The number of phenols is 1. The number of hydrogen-bond acceptors (Lipinski definition) is 7. The van der Waals surface area contributed by atoms with E-state index >= 15 is 0 Å². The number of aromatic nitrogens is 3. The lowest BCUT2D eigenvalue weighted by molar-refractivity contribution is -0.131. The molecular weight excluding hydrogens is 406 g/mol. The number of carboxylic acid groups (broad SMARTS) is 1. The standard InChI is InChI=1S/C21H21N3O5S/c1-4-24-19(14-9-15(28-2)12-16(10-14)29-3)22-23-21(24)30-18(20(26)27)11-13-7-5-6-8-17(13)25/h5-12,25H,4H2,1-3H3,(H,26,27)/b18-11-. The van der Waals surface area contributed by atoms with Crippen molar-refractivity contribution in [3.63, 3.8) is 0 Å². The number of para-hydroxylation sites is 1. The molecule has 0 unspecified atom stereocenters. The first-order valence-electron chi connectivity index (χ1n) is 9.04. The number of thioether (sulfide) groups is 1. The molecule has 2 aromatic carbocycles. The van der Waals surface area contributed by atoms with Crippen LogP contribution in [-0.2, 0) is 11.3 Å². The van der Waals surface area contributed by atoms with E-state index in [4.69, 9.17) is 9.47 Å². The van der Waals surface area contributed by atoms with Crippen molar-refractivity contribution in [3.8, 4) is 28.6 Å². The molecule has 1 aromatic heterocycles. The molecule has 156 valence electrons. The van der Waals surface area contributed by atoms with Crippen LogP contribution in [0.3, 0.4) is 0 Å². The average Bonchev–Trinajstić information content (AvgIpc) is 3.16. The first-order valence-corrected chi connectivity index (χ1v) is 9.86. The molecule has 0 amide bonds. The molecule has 0 aliphatic heterocycles. The number of rotatable bonds is 8. The van der Waals surface area contributed by atoms with Crippen LogP contribution in [0.2, 0.25) is 0 Å². The second kappa shape index (κ2) is 9.36. The molecule has 3 rings (SSSR count). The number of ether oxygens (including phenoxy) is 2. The SMILES string of the molecule is CCn1c(S/C(=C\c2ccccc2O)C(=O)O)nnc1-c1cc(OC)cc(OC)c1. The molecule has 0 atom stereocenters. The highest BCUT2D eigenvalue weighted by atomic mass is 32.2. The first kappa shape index (κ1) is 21.3. The van der Waals surface area contributed by atoms with Crippen LogP contribution in [-0.4, -0.2) is 45.2 Å². The highest BCUT2D eigenvalue weighted by molar-refractivity contribution is 8.04. The fourth-order valence-corrected chi connectivity index (χ4v) is 3.66. The van der Waals surface area contributed by atoms with Gasteiger partial charge in [-0.1, -0.05) is 18.2 Å². The van der Waals surface area contributed by atoms with Crippen molar-refractivity contribution in [2.75, 3.05) is 14.2 Å². The van der Waals surface area contributed by atoms with Gasteiger partial charge in [0.2, 0.25) is 0 Å². The van der Waals surface area contributed by atoms with Crippen molar-refractivity contribution in [1.29, 1.82) is 0 Å². The lowest BCUT2D eigenvalue weighted by Gasteiger charge is -2.10. The molecule has 0 aliphatic rings. The van der Waals surface area contributed by atoms with Gasteiger partial charge in [0.1, 0.15) is 22.2 Å². The van der Waals surface area contributed by atoms with Crippen LogP contribution in [0.5, 0.6) is 17.2 Å². The topological polar surface area (TPSA) is 107 Å². The fraction of sp³-hybridized carbons (Fsp3) is 0.190. The second-order valence-corrected chi connectivity index (χ2v) is 7.14. The summed E-state index contributed by atoms with van der Waals surface area (Å²) in [7, 11) is 3.13. The molecule has 0 spiro atoms. The minimum Gasteiger partial charge on any atom is -0.507 e. The smallest absolute Gasteiger partial charge is 0.342 e. The zero-order valence-electron chi connectivity index (χ0n) is 16.7. The third-order valence-electron chi connectivity index (χ3n) is 4.28. The maximum atomic E-state index is 11.8. The third kappa shape index (κ3) is 4.57. The molecule has 0 saturated heterocycles. The summed E-state index contributed by atoms with van der Waals surface area (Å²) in [6.07, 6.45) is 1.41. The van der Waals surface area contributed by atoms with Crippen molar-refractivity contribution in [3.05, 3.63) is 52.9 Å². The highest BCUT2D eigenvalue weighted by Gasteiger charge is 2.19. The van der Waals surface area contributed by atoms with Gasteiger partial charge in [0, 0.05) is 23.7 Å². The summed E-state index contributed by atoms with van der Waals surface area (Å²) < 4.78 is 12.4. The van der Waals surface area contributed by atoms with E-state index < -0.39 is 5.97 Å². The Balaban J connectivity index is 2.01. The van der Waals surface area contributed by atoms with Gasteiger partial charge in [0.05, 0.1) is 14.2 Å². The molecule has 30 heavy (non-hydrogen) atoms. The highest BCUT2D eigenvalue weighted by Crippen LogP contribution is 2.34. The van der Waals surface area contributed by atoms with Crippen molar-refractivity contribution in [2.24, 2.45) is 0 Å². The van der Waals surface area contributed by atoms with Crippen LogP contribution in [0.1, 0.15) is 12.5 Å². The Morgan fingerprint density at radius 1 is 1.13 bits per heavy atom. The summed E-state index contributed by atoms with van der Waals surface area (Å²) in [5, 5.41) is 28.5. The Kier molecular flexibility index (Phi) is 6.63. The molecule has 9 heteroatoms. The molecule has 3 aromatic rings. The Labute approximate surface area is 177 Å². The van der Waals surface area contributed by atoms with E-state index in [0.29, 0.717) is 34.6 Å². The fourth-order valence-electron chi connectivity index (χ4n) is 2.78. The Morgan fingerprint density at radius 2 is 1.80 bits per heavy atom. The summed E-state index contributed by atoms with van der Waals surface area (Å²) in [5.74, 6) is 0.644. The maximum Gasteiger partial charge on any atom is 0.342 e. The minimum atomic E-state index is -1.13. The molecule has 0 aliphatic carbocycles.